The molecule has 0 aliphatic rings. The summed E-state index contributed by atoms with van der Waals surface area (Å²) in [4.78, 5) is 32.5. The van der Waals surface area contributed by atoms with Crippen LogP contribution in [0, 0.1) is 0 Å². The highest BCUT2D eigenvalue weighted by atomic mass is 15.2. The van der Waals surface area contributed by atoms with Crippen molar-refractivity contribution in [2.45, 2.75) is 0 Å². The zero-order chi connectivity index (χ0) is 71.1. The smallest absolute Gasteiger partial charge is 0.0630 e. The van der Waals surface area contributed by atoms with E-state index in [0.717, 1.165) is 118 Å². The average molecular weight is 1350 g/mol. The molecule has 0 unspecified atom stereocenters. The molecule has 0 fully saturated rings. The molecule has 3 aromatic heterocycles. The van der Waals surface area contributed by atoms with Crippen molar-refractivity contribution in [2.75, 3.05) is 14.7 Å². The van der Waals surface area contributed by atoms with E-state index in [1.807, 2.05) is 128 Å². The fourth-order valence-electron chi connectivity index (χ4n) is 11.4. The number of aliphatic imine (C=N–C) groups is 3. The van der Waals surface area contributed by atoms with Crippen molar-refractivity contribution in [1.82, 2.24) is 15.0 Å². The largest absolute Gasteiger partial charge is 0.311 e. The van der Waals surface area contributed by atoms with Gasteiger partial charge in [-0.1, -0.05) is 218 Å². The van der Waals surface area contributed by atoms with Crippen molar-refractivity contribution in [1.29, 1.82) is 0 Å². The number of anilines is 9. The number of hydrogen-bond acceptors (Lipinski definition) is 9. The van der Waals surface area contributed by atoms with Crippen molar-refractivity contribution < 1.29 is 0 Å². The first kappa shape index (κ1) is 69.2. The number of hydrogen-bond donors (Lipinski definition) is 0. The molecule has 0 atom stereocenters. The van der Waals surface area contributed by atoms with E-state index in [4.69, 9.17) is 0 Å². The number of rotatable bonds is 21. The molecule has 0 amide bonds. The van der Waals surface area contributed by atoms with E-state index < -0.39 is 0 Å². The van der Waals surface area contributed by atoms with Crippen LogP contribution in [0.25, 0.3) is 36.5 Å². The maximum atomic E-state index is 4.53. The summed E-state index contributed by atoms with van der Waals surface area (Å²) < 4.78 is 0. The summed E-state index contributed by atoms with van der Waals surface area (Å²) in [5, 5.41) is 0. The molecular weight excluding hydrogens is 1280 g/mol. The molecule has 15 aromatic rings. The van der Waals surface area contributed by atoms with Crippen LogP contribution in [0.5, 0.6) is 0 Å². The van der Waals surface area contributed by atoms with Crippen LogP contribution in [-0.4, -0.2) is 33.6 Å². The van der Waals surface area contributed by atoms with Crippen LogP contribution in [-0.2, 0) is 0 Å². The average Bonchev–Trinajstić information content (AvgIpc) is 0.827. The van der Waals surface area contributed by atoms with Gasteiger partial charge in [-0.05, 0) is 232 Å². The first-order chi connectivity index (χ1) is 52.0. The van der Waals surface area contributed by atoms with E-state index in [1.54, 1.807) is 37.2 Å². The Hall–Kier alpha value is -14.3. The predicted octanol–water partition coefficient (Wildman–Crippen LogP) is 25.4. The Bertz CT molecular complexity index is 4590. The summed E-state index contributed by atoms with van der Waals surface area (Å²) in [6.45, 7) is 0. The highest BCUT2D eigenvalue weighted by Gasteiger charge is 2.15. The van der Waals surface area contributed by atoms with Gasteiger partial charge in [-0.25, -0.2) is 0 Å². The topological polar surface area (TPSA) is 85.5 Å². The van der Waals surface area contributed by atoms with E-state index in [1.165, 1.54) is 0 Å². The molecule has 0 spiro atoms. The Morgan fingerprint density at radius 3 is 0.505 bits per heavy atom. The van der Waals surface area contributed by atoms with Crippen molar-refractivity contribution >= 4 is 123 Å². The second-order valence-corrected chi connectivity index (χ2v) is 24.2. The molecule has 15 rings (SSSR count). The summed E-state index contributed by atoms with van der Waals surface area (Å²) in [6.07, 6.45) is 28.9. The van der Waals surface area contributed by atoms with Gasteiger partial charge in [0.15, 0.2) is 0 Å². The van der Waals surface area contributed by atoms with E-state index in [0.29, 0.717) is 0 Å². The van der Waals surface area contributed by atoms with Gasteiger partial charge in [0.05, 0.1) is 17.1 Å². The Balaban J connectivity index is 0.000000140. The molecule has 9 heteroatoms. The molecule has 0 saturated heterocycles. The van der Waals surface area contributed by atoms with Crippen LogP contribution in [0.1, 0.15) is 50.1 Å². The van der Waals surface area contributed by atoms with Crippen LogP contribution >= 0.6 is 0 Å². The van der Waals surface area contributed by atoms with Gasteiger partial charge in [-0.15, -0.1) is 0 Å². The minimum Gasteiger partial charge on any atom is -0.311 e. The normalized spacial score (nSPS) is 11.2. The van der Waals surface area contributed by atoms with Gasteiger partial charge in [0, 0.05) is 107 Å². The molecule has 0 aliphatic carbocycles. The Kier molecular flexibility index (Phi) is 24.2. The predicted molar refractivity (Wildman–Crippen MR) is 444 cm³/mol. The van der Waals surface area contributed by atoms with Crippen LogP contribution in [0.4, 0.5) is 68.2 Å². The van der Waals surface area contributed by atoms with E-state index in [2.05, 4.69) is 336 Å². The van der Waals surface area contributed by atoms with Crippen molar-refractivity contribution in [2.24, 2.45) is 15.0 Å². The monoisotopic (exact) mass is 1350 g/mol. The van der Waals surface area contributed by atoms with Gasteiger partial charge >= 0.3 is 0 Å². The van der Waals surface area contributed by atoms with Gasteiger partial charge in [0.1, 0.15) is 0 Å². The van der Waals surface area contributed by atoms with Crippen LogP contribution in [0.2, 0.25) is 0 Å². The number of para-hydroxylation sites is 6. The minimum atomic E-state index is 0.922. The van der Waals surface area contributed by atoms with E-state index in [9.17, 15) is 0 Å². The molecular formula is C96H75N9. The number of nitrogens with zero attached hydrogens (tertiary/aromatic N) is 9. The first-order valence-electron chi connectivity index (χ1n) is 34.7. The van der Waals surface area contributed by atoms with Crippen LogP contribution < -0.4 is 14.7 Å². The SMILES string of the molecule is C(=Nc1ccc(/C=C/c2ccc(N(c3ccccc3)c3ccccc3)cc2)cc1)c1ccncc1.C(=Nc1ccc(/C=C/c2ccc(N(c3ccccc3)c3ccccc3)cc2)cc1)c1ccncc1.C(=Nc1ccc(/C=C/c2ccc(N(c3ccccc3)c3ccccc3)cc2)cc1)c1ccncc1. The Morgan fingerprint density at radius 1 is 0.162 bits per heavy atom. The van der Waals surface area contributed by atoms with Gasteiger partial charge in [0.25, 0.3) is 0 Å². The lowest BCUT2D eigenvalue weighted by atomic mass is 10.1. The third kappa shape index (κ3) is 20.5. The minimum absolute atomic E-state index is 0.922. The Labute approximate surface area is 615 Å². The molecule has 9 nitrogen and oxygen atoms in total. The highest BCUT2D eigenvalue weighted by Crippen LogP contribution is 2.38. The third-order valence-electron chi connectivity index (χ3n) is 16.8. The summed E-state index contributed by atoms with van der Waals surface area (Å²) in [5.41, 5.74) is 22.9. The van der Waals surface area contributed by atoms with Gasteiger partial charge in [-0.2, -0.15) is 0 Å². The van der Waals surface area contributed by atoms with E-state index in [-0.39, 0.29) is 0 Å². The molecule has 105 heavy (non-hydrogen) atoms. The molecule has 0 N–H and O–H groups in total. The van der Waals surface area contributed by atoms with Crippen LogP contribution in [0.15, 0.2) is 416 Å². The lowest BCUT2D eigenvalue weighted by molar-refractivity contribution is 1.28. The molecule has 0 radical (unpaired) electrons. The molecule has 3 heterocycles. The van der Waals surface area contributed by atoms with Gasteiger partial charge < -0.3 is 14.7 Å². The molecule has 0 bridgehead atoms. The number of benzene rings is 12. The summed E-state index contributed by atoms with van der Waals surface area (Å²) >= 11 is 0. The zero-order valence-electron chi connectivity index (χ0n) is 57.8. The zero-order valence-corrected chi connectivity index (χ0v) is 57.8. The summed E-state index contributed by atoms with van der Waals surface area (Å²) in [5.74, 6) is 0. The fourth-order valence-corrected chi connectivity index (χ4v) is 11.4. The summed E-state index contributed by atoms with van der Waals surface area (Å²) in [6, 6.07) is 125. The third-order valence-corrected chi connectivity index (χ3v) is 16.8. The van der Waals surface area contributed by atoms with E-state index >= 15 is 0 Å². The summed E-state index contributed by atoms with van der Waals surface area (Å²) in [7, 11) is 0. The fraction of sp³-hybridized carbons (Fsp3) is 0. The first-order valence-corrected chi connectivity index (χ1v) is 34.7. The van der Waals surface area contributed by atoms with Crippen LogP contribution in [0.3, 0.4) is 0 Å². The standard InChI is InChI=1S/3C32H25N3/c3*1-3-7-30(8-4-1)35(31-9-5-2-6-10-31)32-19-15-27(16-20-32)12-11-26-13-17-29(18-14-26)34-25-28-21-23-33-24-22-28/h3*1-25H/b3*12-11+,34-25?. The quantitative estimate of drug-likeness (QED) is 0.0526. The second-order valence-electron chi connectivity index (χ2n) is 24.2. The van der Waals surface area contributed by atoms with Gasteiger partial charge in [-0.3, -0.25) is 29.9 Å². The maximum Gasteiger partial charge on any atom is 0.0630 e. The molecule has 504 valence electrons. The maximum absolute atomic E-state index is 4.53. The molecule has 12 aromatic carbocycles. The number of pyridine rings is 3. The van der Waals surface area contributed by atoms with Gasteiger partial charge in [0.2, 0.25) is 0 Å². The highest BCUT2D eigenvalue weighted by molar-refractivity contribution is 5.86. The Morgan fingerprint density at radius 2 is 0.324 bits per heavy atom. The molecule has 0 saturated carbocycles. The second kappa shape index (κ2) is 36.7. The van der Waals surface area contributed by atoms with Crippen molar-refractivity contribution in [3.63, 3.8) is 0 Å². The number of aromatic nitrogens is 3. The van der Waals surface area contributed by atoms with Crippen molar-refractivity contribution in [3.05, 3.63) is 451 Å². The van der Waals surface area contributed by atoms with Crippen molar-refractivity contribution in [3.8, 4) is 0 Å². The molecule has 0 aliphatic heterocycles. The lowest BCUT2D eigenvalue weighted by Gasteiger charge is -2.25. The lowest BCUT2D eigenvalue weighted by Crippen LogP contribution is -2.09.